The number of nitrogens with one attached hydrogen (secondary N) is 2. The molecule has 0 unspecified atom stereocenters. The van der Waals surface area contributed by atoms with Gasteiger partial charge in [-0.05, 0) is 97.0 Å². The number of amides is 1. The Hall–Kier alpha value is -3.54. The minimum absolute atomic E-state index is 0.109. The lowest BCUT2D eigenvalue weighted by atomic mass is 9.86. The summed E-state index contributed by atoms with van der Waals surface area (Å²) in [5, 5.41) is 3.03. The first-order valence-electron chi connectivity index (χ1n) is 18.7. The van der Waals surface area contributed by atoms with Gasteiger partial charge in [0.1, 0.15) is 5.82 Å². The lowest BCUT2D eigenvalue weighted by molar-refractivity contribution is -0.127. The summed E-state index contributed by atoms with van der Waals surface area (Å²) in [7, 11) is 0. The molecule has 0 bridgehead atoms. The smallest absolute Gasteiger partial charge is 0.254 e. The number of pyridine rings is 2. The van der Waals surface area contributed by atoms with E-state index in [0.717, 1.165) is 72.1 Å². The highest BCUT2D eigenvalue weighted by Crippen LogP contribution is 2.52. The zero-order valence-electron chi connectivity index (χ0n) is 31.0. The maximum atomic E-state index is 14.0. The number of thioether (sulfide) groups is 1. The summed E-state index contributed by atoms with van der Waals surface area (Å²) in [5.74, 6) is 1.23. The molecule has 0 radical (unpaired) electrons. The molecule has 1 amide bonds. The number of nitrogens with zero attached hydrogens (tertiary/aromatic N) is 3. The second-order valence-electron chi connectivity index (χ2n) is 15.2. The average Bonchev–Trinajstić information content (AvgIpc) is 3.50. The Labute approximate surface area is 306 Å². The molecule has 0 spiro atoms. The van der Waals surface area contributed by atoms with Crippen molar-refractivity contribution in [2.24, 2.45) is 5.92 Å². The number of hydrogen-bond donors (Lipinski definition) is 2. The Morgan fingerprint density at radius 2 is 1.73 bits per heavy atom. The Bertz CT molecular complexity index is 1790. The summed E-state index contributed by atoms with van der Waals surface area (Å²) in [6.07, 6.45) is 12.7. The number of hydrogen-bond acceptors (Lipinski definition) is 9. The molecule has 2 N–H and O–H groups in total. The largest absolute Gasteiger partial charge is 0.448 e. The summed E-state index contributed by atoms with van der Waals surface area (Å²) in [6.45, 7) is 13.8. The summed E-state index contributed by atoms with van der Waals surface area (Å²) < 4.78 is 19.7. The SMILES string of the molecule is CSc1cc(C)[nH]c(=O)c1CNC(=O)c1cc(-c2ccc(N3C[C@@H](C)O[C@@H](C)C3)nc2)c2c(c1C)O[C@](C)(C1CCN(C3CCCCC3)CC1)O2. The number of carbonyl (C=O) groups is 1. The van der Waals surface area contributed by atoms with Crippen molar-refractivity contribution in [2.75, 3.05) is 37.3 Å². The Kier molecular flexibility index (Phi) is 10.4. The lowest BCUT2D eigenvalue weighted by Crippen LogP contribution is -2.50. The van der Waals surface area contributed by atoms with Gasteiger partial charge in [-0.1, -0.05) is 19.3 Å². The van der Waals surface area contributed by atoms with Crippen LogP contribution in [0.5, 0.6) is 11.5 Å². The van der Waals surface area contributed by atoms with Gasteiger partial charge in [0.05, 0.1) is 12.2 Å². The molecular formula is C40H53N5O5S. The van der Waals surface area contributed by atoms with E-state index in [1.54, 1.807) is 0 Å². The Balaban J connectivity index is 1.18. The predicted molar refractivity (Wildman–Crippen MR) is 202 cm³/mol. The first kappa shape index (κ1) is 35.8. The number of carbonyl (C=O) groups excluding carboxylic acids is 1. The highest BCUT2D eigenvalue weighted by molar-refractivity contribution is 7.98. The van der Waals surface area contributed by atoms with E-state index in [2.05, 4.69) is 46.9 Å². The van der Waals surface area contributed by atoms with Crippen molar-refractivity contribution in [3.05, 3.63) is 63.2 Å². The minimum atomic E-state index is -0.856. The van der Waals surface area contributed by atoms with Crippen LogP contribution in [0.1, 0.15) is 92.9 Å². The van der Waals surface area contributed by atoms with Crippen molar-refractivity contribution in [1.82, 2.24) is 20.2 Å². The van der Waals surface area contributed by atoms with Gasteiger partial charge in [0.2, 0.25) is 0 Å². The fourth-order valence-electron chi connectivity index (χ4n) is 8.63. The zero-order valence-corrected chi connectivity index (χ0v) is 31.8. The number of aryl methyl sites for hydroxylation is 1. The Morgan fingerprint density at radius 3 is 2.39 bits per heavy atom. The molecule has 2 aromatic heterocycles. The highest BCUT2D eigenvalue weighted by atomic mass is 32.2. The third kappa shape index (κ3) is 7.39. The van der Waals surface area contributed by atoms with Crippen LogP contribution in [-0.4, -0.2) is 77.2 Å². The van der Waals surface area contributed by atoms with Crippen LogP contribution in [0, 0.1) is 19.8 Å². The first-order chi connectivity index (χ1) is 24.5. The zero-order chi connectivity index (χ0) is 35.9. The summed E-state index contributed by atoms with van der Waals surface area (Å²) >= 11 is 1.49. The van der Waals surface area contributed by atoms with Gasteiger partial charge in [-0.25, -0.2) is 4.98 Å². The third-order valence-corrected chi connectivity index (χ3v) is 12.2. The van der Waals surface area contributed by atoms with Gasteiger partial charge in [0.25, 0.3) is 17.3 Å². The highest BCUT2D eigenvalue weighted by Gasteiger charge is 2.48. The fourth-order valence-corrected chi connectivity index (χ4v) is 9.34. The van der Waals surface area contributed by atoms with E-state index in [0.29, 0.717) is 28.7 Å². The maximum absolute atomic E-state index is 14.0. The van der Waals surface area contributed by atoms with E-state index < -0.39 is 5.79 Å². The van der Waals surface area contributed by atoms with Crippen LogP contribution >= 0.6 is 11.8 Å². The molecule has 5 heterocycles. The molecule has 2 saturated heterocycles. The van der Waals surface area contributed by atoms with Crippen LogP contribution in [0.3, 0.4) is 0 Å². The van der Waals surface area contributed by atoms with E-state index in [9.17, 15) is 9.59 Å². The molecule has 1 saturated carbocycles. The van der Waals surface area contributed by atoms with Crippen molar-refractivity contribution in [1.29, 1.82) is 0 Å². The van der Waals surface area contributed by atoms with Crippen LogP contribution in [0.25, 0.3) is 11.1 Å². The van der Waals surface area contributed by atoms with Crippen molar-refractivity contribution >= 4 is 23.5 Å². The normalized spacial score (nSPS) is 24.5. The fraction of sp³-hybridized carbons (Fsp3) is 0.575. The lowest BCUT2D eigenvalue weighted by Gasteiger charge is -2.42. The van der Waals surface area contributed by atoms with E-state index in [-0.39, 0.29) is 36.1 Å². The summed E-state index contributed by atoms with van der Waals surface area (Å²) in [6, 6.07) is 8.63. The molecule has 3 aromatic rings. The number of H-pyrrole nitrogens is 1. The quantitative estimate of drug-likeness (QED) is 0.242. The van der Waals surface area contributed by atoms with Crippen molar-refractivity contribution in [3.63, 3.8) is 0 Å². The number of fused-ring (bicyclic) bond motifs is 1. The van der Waals surface area contributed by atoms with Gasteiger partial charge >= 0.3 is 0 Å². The number of ether oxygens (including phenoxy) is 3. The van der Waals surface area contributed by atoms with Gasteiger partial charge < -0.3 is 34.3 Å². The van der Waals surface area contributed by atoms with Crippen LogP contribution in [-0.2, 0) is 11.3 Å². The molecule has 274 valence electrons. The molecule has 4 aliphatic rings. The van der Waals surface area contributed by atoms with Crippen LogP contribution in [0.15, 0.2) is 40.2 Å². The molecule has 10 nitrogen and oxygen atoms in total. The van der Waals surface area contributed by atoms with Gasteiger partial charge in [-0.15, -0.1) is 11.8 Å². The van der Waals surface area contributed by atoms with E-state index in [1.165, 1.54) is 43.9 Å². The topological polar surface area (TPSA) is 109 Å². The molecule has 3 atom stereocenters. The standard InChI is InChI=1S/C40H53N5O5S/c1-24-18-34(51-6)33(39(47)43-24)21-42-38(46)31-19-32(28-12-13-35(41-20-28)45-22-25(2)48-26(3)23-45)37-36(27(31)4)49-40(5,50-37)29-14-16-44(17-15-29)30-10-8-7-9-11-30/h12-13,18-20,25-26,29-30H,7-11,14-17,21-23H2,1-6H3,(H,42,46)(H,43,47)/t25-,26+,40-/m0/s1. The molecule has 1 aliphatic carbocycles. The number of piperidine rings is 1. The molecule has 3 fully saturated rings. The minimum Gasteiger partial charge on any atom is -0.448 e. The predicted octanol–water partition coefficient (Wildman–Crippen LogP) is 6.85. The van der Waals surface area contributed by atoms with E-state index in [1.807, 2.05) is 44.5 Å². The number of aromatic nitrogens is 2. The molecule has 51 heavy (non-hydrogen) atoms. The van der Waals surface area contributed by atoms with Gasteiger partial charge in [-0.3, -0.25) is 9.59 Å². The number of morpholine rings is 1. The molecule has 1 aromatic carbocycles. The van der Waals surface area contributed by atoms with Crippen LogP contribution in [0.4, 0.5) is 5.82 Å². The third-order valence-electron chi connectivity index (χ3n) is 11.4. The number of rotatable bonds is 8. The molecule has 3 aliphatic heterocycles. The molecule has 7 rings (SSSR count). The monoisotopic (exact) mass is 715 g/mol. The van der Waals surface area contributed by atoms with Gasteiger partial charge in [-0.2, -0.15) is 0 Å². The second kappa shape index (κ2) is 14.8. The number of anilines is 1. The molecule has 11 heteroatoms. The number of likely N-dealkylation sites (tertiary alicyclic amines) is 1. The average molecular weight is 716 g/mol. The second-order valence-corrected chi connectivity index (χ2v) is 16.0. The number of benzene rings is 1. The van der Waals surface area contributed by atoms with Gasteiger partial charge in [0.15, 0.2) is 11.5 Å². The number of aromatic amines is 1. The summed E-state index contributed by atoms with van der Waals surface area (Å²) in [5.41, 5.74) is 3.96. The van der Waals surface area contributed by atoms with Crippen LogP contribution in [0.2, 0.25) is 0 Å². The van der Waals surface area contributed by atoms with Crippen molar-refractivity contribution in [2.45, 2.75) is 115 Å². The molecular weight excluding hydrogens is 663 g/mol. The Morgan fingerprint density at radius 1 is 1.02 bits per heavy atom. The van der Waals surface area contributed by atoms with E-state index in [4.69, 9.17) is 19.2 Å². The summed E-state index contributed by atoms with van der Waals surface area (Å²) in [4.78, 5) is 40.4. The van der Waals surface area contributed by atoms with Crippen LogP contribution < -0.4 is 25.2 Å². The van der Waals surface area contributed by atoms with Gasteiger partial charge in [0, 0.05) is 83.1 Å². The van der Waals surface area contributed by atoms with E-state index >= 15 is 0 Å². The van der Waals surface area contributed by atoms with Crippen molar-refractivity contribution in [3.8, 4) is 22.6 Å². The maximum Gasteiger partial charge on any atom is 0.254 e. The first-order valence-corrected chi connectivity index (χ1v) is 20.0. The van der Waals surface area contributed by atoms with Crippen molar-refractivity contribution < 1.29 is 19.0 Å².